The number of hydrogen-bond acceptors (Lipinski definition) is 3. The van der Waals surface area contributed by atoms with Crippen LogP contribution in [0, 0.1) is 5.82 Å². The second kappa shape index (κ2) is 6.71. The predicted molar refractivity (Wildman–Crippen MR) is 73.2 cm³/mol. The summed E-state index contributed by atoms with van der Waals surface area (Å²) in [6.45, 7) is -1.19. The zero-order valence-electron chi connectivity index (χ0n) is 12.2. The van der Waals surface area contributed by atoms with Crippen molar-refractivity contribution in [3.8, 4) is 16.9 Å². The first kappa shape index (κ1) is 18.1. The zero-order valence-corrected chi connectivity index (χ0v) is 12.2. The van der Waals surface area contributed by atoms with Gasteiger partial charge in [0, 0.05) is 18.3 Å². The Morgan fingerprint density at radius 1 is 1.12 bits per heavy atom. The summed E-state index contributed by atoms with van der Waals surface area (Å²) in [6.07, 6.45) is -2.72. The first-order valence-corrected chi connectivity index (χ1v) is 6.74. The van der Waals surface area contributed by atoms with Crippen LogP contribution in [0.15, 0.2) is 30.6 Å². The average molecular weight is 353 g/mol. The van der Waals surface area contributed by atoms with E-state index in [1.54, 1.807) is 6.20 Å². The Labute approximate surface area is 132 Å². The molecule has 1 aromatic heterocycles. The molecule has 10 heteroatoms. The monoisotopic (exact) mass is 353 g/mol. The summed E-state index contributed by atoms with van der Waals surface area (Å²) >= 11 is 0. The van der Waals surface area contributed by atoms with Crippen LogP contribution in [0.25, 0.3) is 11.1 Å². The predicted octanol–water partition coefficient (Wildman–Crippen LogP) is 3.22. The molecule has 0 aliphatic carbocycles. The highest BCUT2D eigenvalue weighted by Gasteiger charge is 2.58. The molecule has 2 N–H and O–H groups in total. The Morgan fingerprint density at radius 2 is 1.83 bits per heavy atom. The molecule has 0 radical (unpaired) electrons. The fourth-order valence-corrected chi connectivity index (χ4v) is 1.81. The minimum atomic E-state index is -5.76. The highest BCUT2D eigenvalue weighted by Crippen LogP contribution is 2.36. The third kappa shape index (κ3) is 3.99. The first-order chi connectivity index (χ1) is 11.1. The van der Waals surface area contributed by atoms with Gasteiger partial charge in [-0.1, -0.05) is 6.07 Å². The molecule has 132 valence electrons. The number of nitrogens with two attached hydrogens (primary N) is 1. The lowest BCUT2D eigenvalue weighted by molar-refractivity contribution is -0.290. The van der Waals surface area contributed by atoms with Gasteiger partial charge in [0.05, 0.1) is 12.7 Å². The summed E-state index contributed by atoms with van der Waals surface area (Å²) < 4.78 is 81.4. The summed E-state index contributed by atoms with van der Waals surface area (Å²) in [7, 11) is 0. The molecule has 0 amide bonds. The van der Waals surface area contributed by atoms with Crippen molar-refractivity contribution in [1.82, 2.24) is 9.78 Å². The minimum absolute atomic E-state index is 0.357. The quantitative estimate of drug-likeness (QED) is 0.812. The van der Waals surface area contributed by atoms with Crippen LogP contribution in [0.2, 0.25) is 0 Å². The molecule has 4 nitrogen and oxygen atoms in total. The topological polar surface area (TPSA) is 53.1 Å². The molecule has 1 heterocycles. The maximum atomic E-state index is 13.9. The summed E-state index contributed by atoms with van der Waals surface area (Å²) in [5.74, 6) is -6.82. The van der Waals surface area contributed by atoms with Gasteiger partial charge in [-0.05, 0) is 17.7 Å². The highest BCUT2D eigenvalue weighted by molar-refractivity contribution is 5.62. The number of rotatable bonds is 6. The fraction of sp³-hybridized carbons (Fsp3) is 0.357. The van der Waals surface area contributed by atoms with Gasteiger partial charge in [0.2, 0.25) is 0 Å². The van der Waals surface area contributed by atoms with Crippen molar-refractivity contribution in [2.75, 3.05) is 13.2 Å². The number of aromatic nitrogens is 2. The fourth-order valence-electron chi connectivity index (χ4n) is 1.81. The third-order valence-electron chi connectivity index (χ3n) is 3.08. The molecule has 0 saturated carbocycles. The Morgan fingerprint density at radius 3 is 2.42 bits per heavy atom. The van der Waals surface area contributed by atoms with Gasteiger partial charge in [-0.2, -0.15) is 27.1 Å². The molecule has 0 atom stereocenters. The third-order valence-corrected chi connectivity index (χ3v) is 3.08. The lowest BCUT2D eigenvalue weighted by atomic mass is 10.1. The van der Waals surface area contributed by atoms with E-state index in [4.69, 9.17) is 5.73 Å². The van der Waals surface area contributed by atoms with Gasteiger partial charge in [-0.3, -0.25) is 4.68 Å². The molecule has 0 unspecified atom stereocenters. The van der Waals surface area contributed by atoms with E-state index in [2.05, 4.69) is 9.84 Å². The van der Waals surface area contributed by atoms with Crippen LogP contribution < -0.4 is 10.5 Å². The Bertz CT molecular complexity index is 698. The second-order valence-corrected chi connectivity index (χ2v) is 4.92. The van der Waals surface area contributed by atoms with E-state index in [1.807, 2.05) is 0 Å². The largest absolute Gasteiger partial charge is 0.484 e. The zero-order chi connectivity index (χ0) is 18.0. The van der Waals surface area contributed by atoms with E-state index in [0.29, 0.717) is 24.2 Å². The van der Waals surface area contributed by atoms with Crippen molar-refractivity contribution in [1.29, 1.82) is 0 Å². The lowest BCUT2D eigenvalue weighted by Gasteiger charge is -2.20. The van der Waals surface area contributed by atoms with Crippen molar-refractivity contribution in [2.45, 2.75) is 18.6 Å². The molecule has 0 saturated heterocycles. The molecule has 2 rings (SSSR count). The summed E-state index contributed by atoms with van der Waals surface area (Å²) in [6, 6.07) is 3.27. The summed E-state index contributed by atoms with van der Waals surface area (Å²) in [5, 5.41) is 3.99. The second-order valence-electron chi connectivity index (χ2n) is 4.92. The molecule has 0 bridgehead atoms. The van der Waals surface area contributed by atoms with Crippen LogP contribution in [0.4, 0.5) is 26.3 Å². The molecule has 24 heavy (non-hydrogen) atoms. The van der Waals surface area contributed by atoms with Crippen molar-refractivity contribution in [3.63, 3.8) is 0 Å². The Kier molecular flexibility index (Phi) is 5.07. The first-order valence-electron chi connectivity index (χ1n) is 6.74. The minimum Gasteiger partial charge on any atom is -0.484 e. The standard InChI is InChI=1S/C14H13F6N3O/c15-11-5-9(10-6-22-23(7-10)4-3-21)1-2-12(11)24-8-13(16,17)14(18,19)20/h1-2,5-7H,3-4,8,21H2. The molecule has 0 spiro atoms. The smallest absolute Gasteiger partial charge is 0.456 e. The van der Waals surface area contributed by atoms with E-state index < -0.39 is 30.3 Å². The van der Waals surface area contributed by atoms with Gasteiger partial charge in [-0.25, -0.2) is 4.39 Å². The van der Waals surface area contributed by atoms with Crippen LogP contribution in [-0.4, -0.2) is 35.0 Å². The van der Waals surface area contributed by atoms with Gasteiger partial charge < -0.3 is 10.5 Å². The van der Waals surface area contributed by atoms with Gasteiger partial charge in [0.15, 0.2) is 18.2 Å². The number of hydrogen-bond donors (Lipinski definition) is 1. The molecular formula is C14H13F6N3O. The van der Waals surface area contributed by atoms with Gasteiger partial charge in [-0.15, -0.1) is 0 Å². The van der Waals surface area contributed by atoms with Crippen LogP contribution in [0.5, 0.6) is 5.75 Å². The number of benzene rings is 1. The van der Waals surface area contributed by atoms with E-state index in [0.717, 1.165) is 12.1 Å². The van der Waals surface area contributed by atoms with Crippen molar-refractivity contribution < 1.29 is 31.1 Å². The van der Waals surface area contributed by atoms with E-state index in [1.165, 1.54) is 16.9 Å². The normalized spacial score (nSPS) is 12.5. The molecule has 2 aromatic rings. The van der Waals surface area contributed by atoms with Crippen LogP contribution in [0.3, 0.4) is 0 Å². The SMILES string of the molecule is NCCn1cc(-c2ccc(OCC(F)(F)C(F)(F)F)c(F)c2)cn1. The maximum Gasteiger partial charge on any atom is 0.456 e. The van der Waals surface area contributed by atoms with Crippen molar-refractivity contribution >= 4 is 0 Å². The van der Waals surface area contributed by atoms with Gasteiger partial charge in [0.1, 0.15) is 0 Å². The van der Waals surface area contributed by atoms with Gasteiger partial charge in [0.25, 0.3) is 0 Å². The lowest BCUT2D eigenvalue weighted by Crippen LogP contribution is -2.41. The summed E-state index contributed by atoms with van der Waals surface area (Å²) in [5.41, 5.74) is 6.28. The number of nitrogens with zero attached hydrogens (tertiary/aromatic N) is 2. The number of halogens is 6. The van der Waals surface area contributed by atoms with Gasteiger partial charge >= 0.3 is 12.1 Å². The average Bonchev–Trinajstić information content (AvgIpc) is 2.94. The maximum absolute atomic E-state index is 13.9. The summed E-state index contributed by atoms with van der Waals surface area (Å²) in [4.78, 5) is 0. The molecule has 0 aliphatic heterocycles. The highest BCUT2D eigenvalue weighted by atomic mass is 19.4. The van der Waals surface area contributed by atoms with E-state index >= 15 is 0 Å². The van der Waals surface area contributed by atoms with Crippen molar-refractivity contribution in [3.05, 3.63) is 36.4 Å². The Balaban J connectivity index is 2.12. The van der Waals surface area contributed by atoms with Crippen molar-refractivity contribution in [2.24, 2.45) is 5.73 Å². The molecule has 0 fully saturated rings. The van der Waals surface area contributed by atoms with Crippen LogP contribution in [-0.2, 0) is 6.54 Å². The van der Waals surface area contributed by atoms with Crippen LogP contribution in [0.1, 0.15) is 0 Å². The number of alkyl halides is 5. The van der Waals surface area contributed by atoms with E-state index in [9.17, 15) is 26.3 Å². The Hall–Kier alpha value is -2.23. The molecule has 0 aliphatic rings. The molecule has 1 aromatic carbocycles. The number of ether oxygens (including phenoxy) is 1. The molecular weight excluding hydrogens is 340 g/mol. The van der Waals surface area contributed by atoms with E-state index in [-0.39, 0.29) is 0 Å². The van der Waals surface area contributed by atoms with Crippen LogP contribution >= 0.6 is 0 Å².